The summed E-state index contributed by atoms with van der Waals surface area (Å²) in [6, 6.07) is -1.79. The molecule has 22 heavy (non-hydrogen) atoms. The van der Waals surface area contributed by atoms with Crippen LogP contribution in [0, 0.1) is 0 Å². The minimum absolute atomic E-state index is 0.265. The van der Waals surface area contributed by atoms with Crippen LogP contribution in [0.2, 0.25) is 0 Å². The van der Waals surface area contributed by atoms with Gasteiger partial charge in [-0.15, -0.1) is 0 Å². The van der Waals surface area contributed by atoms with Gasteiger partial charge in [-0.05, 0) is 32.2 Å². The number of aliphatic hydroxyl groups excluding tert-OH is 1. The summed E-state index contributed by atoms with van der Waals surface area (Å²) in [6.45, 7) is 3.29. The zero-order chi connectivity index (χ0) is 17.0. The van der Waals surface area contributed by atoms with E-state index in [4.69, 9.17) is 5.53 Å². The Labute approximate surface area is 129 Å². The fourth-order valence-electron chi connectivity index (χ4n) is 1.63. The van der Waals surface area contributed by atoms with Crippen molar-refractivity contribution in [1.29, 1.82) is 0 Å². The first-order chi connectivity index (χ1) is 10.4. The van der Waals surface area contributed by atoms with Crippen LogP contribution < -0.4 is 10.6 Å². The average molecular weight is 313 g/mol. The van der Waals surface area contributed by atoms with Gasteiger partial charge in [0.05, 0.1) is 6.10 Å². The lowest BCUT2D eigenvalue weighted by molar-refractivity contribution is -0.130. The van der Waals surface area contributed by atoms with E-state index in [2.05, 4.69) is 20.7 Å². The second-order valence-electron chi connectivity index (χ2n) is 4.97. The molecule has 0 aliphatic rings. The second-order valence-corrected chi connectivity index (χ2v) is 4.97. The van der Waals surface area contributed by atoms with Crippen LogP contribution in [0.3, 0.4) is 0 Å². The van der Waals surface area contributed by atoms with E-state index in [-0.39, 0.29) is 12.3 Å². The Morgan fingerprint density at radius 3 is 2.50 bits per heavy atom. The molecule has 0 rings (SSSR count). The molecular weight excluding hydrogens is 290 g/mol. The molecule has 3 atom stereocenters. The van der Waals surface area contributed by atoms with Crippen molar-refractivity contribution >= 4 is 18.1 Å². The summed E-state index contributed by atoms with van der Waals surface area (Å²) in [5, 5.41) is 17.5. The number of nitrogens with one attached hydrogen (secondary N) is 2. The van der Waals surface area contributed by atoms with Gasteiger partial charge in [0.1, 0.15) is 18.4 Å². The lowest BCUT2D eigenvalue weighted by atomic mass is 10.1. The van der Waals surface area contributed by atoms with Crippen molar-refractivity contribution in [1.82, 2.24) is 10.6 Å². The van der Waals surface area contributed by atoms with Gasteiger partial charge in [0.2, 0.25) is 11.8 Å². The molecule has 0 saturated heterocycles. The third-order valence-electron chi connectivity index (χ3n) is 2.97. The molecule has 0 bridgehead atoms. The number of nitrogens with zero attached hydrogens (tertiary/aromatic N) is 3. The number of azide groups is 1. The molecule has 9 nitrogen and oxygen atoms in total. The van der Waals surface area contributed by atoms with Gasteiger partial charge in [-0.1, -0.05) is 11.5 Å². The highest BCUT2D eigenvalue weighted by Gasteiger charge is 2.21. The van der Waals surface area contributed by atoms with E-state index in [0.29, 0.717) is 25.7 Å². The summed E-state index contributed by atoms with van der Waals surface area (Å²) < 4.78 is 0. The summed E-state index contributed by atoms with van der Waals surface area (Å²) in [4.78, 5) is 36.7. The average Bonchev–Trinajstić information content (AvgIpc) is 2.47. The Balaban J connectivity index is 4.00. The first-order valence-electron chi connectivity index (χ1n) is 7.16. The van der Waals surface area contributed by atoms with Crippen molar-refractivity contribution in [3.05, 3.63) is 10.4 Å². The number of aldehydes is 1. The molecule has 2 amide bonds. The summed E-state index contributed by atoms with van der Waals surface area (Å²) in [5.41, 5.74) is 8.10. The first-order valence-corrected chi connectivity index (χ1v) is 7.16. The highest BCUT2D eigenvalue weighted by atomic mass is 16.3. The summed E-state index contributed by atoms with van der Waals surface area (Å²) in [6.07, 6.45) is 1.80. The van der Waals surface area contributed by atoms with E-state index >= 15 is 0 Å². The van der Waals surface area contributed by atoms with Crippen LogP contribution >= 0.6 is 0 Å². The van der Waals surface area contributed by atoms with Crippen LogP contribution in [0.5, 0.6) is 0 Å². The van der Waals surface area contributed by atoms with Gasteiger partial charge < -0.3 is 20.5 Å². The van der Waals surface area contributed by atoms with Crippen LogP contribution in [0.15, 0.2) is 5.11 Å². The molecule has 0 aromatic heterocycles. The molecular formula is C13H23N5O4. The van der Waals surface area contributed by atoms with Gasteiger partial charge in [0.25, 0.3) is 0 Å². The van der Waals surface area contributed by atoms with E-state index in [0.717, 1.165) is 6.42 Å². The van der Waals surface area contributed by atoms with Crippen LogP contribution in [-0.4, -0.2) is 47.9 Å². The SMILES string of the molecule is C[C@H](NC(=O)CCCCCN=[N+]=[N-])C(=O)N[C@H](C=O)[C@@H](C)O. The number of amides is 2. The Morgan fingerprint density at radius 2 is 1.95 bits per heavy atom. The van der Waals surface area contributed by atoms with Gasteiger partial charge in [0, 0.05) is 17.9 Å². The molecule has 0 unspecified atom stereocenters. The summed E-state index contributed by atoms with van der Waals surface area (Å²) in [5.74, 6) is -0.805. The number of aliphatic hydroxyl groups is 1. The van der Waals surface area contributed by atoms with E-state index in [1.54, 1.807) is 0 Å². The maximum atomic E-state index is 11.8. The molecule has 0 heterocycles. The van der Waals surface area contributed by atoms with E-state index < -0.39 is 24.1 Å². The molecule has 0 aliphatic carbocycles. The van der Waals surface area contributed by atoms with Crippen molar-refractivity contribution in [3.63, 3.8) is 0 Å². The Hall–Kier alpha value is -2.12. The molecule has 9 heteroatoms. The maximum Gasteiger partial charge on any atom is 0.242 e. The number of hydrogen-bond acceptors (Lipinski definition) is 5. The number of rotatable bonds is 11. The first kappa shape index (κ1) is 19.9. The van der Waals surface area contributed by atoms with Gasteiger partial charge in [-0.2, -0.15) is 0 Å². The van der Waals surface area contributed by atoms with Gasteiger partial charge in [0.15, 0.2) is 0 Å². The van der Waals surface area contributed by atoms with Crippen molar-refractivity contribution in [2.45, 2.75) is 57.7 Å². The number of unbranched alkanes of at least 4 members (excludes halogenated alkanes) is 2. The Morgan fingerprint density at radius 1 is 1.27 bits per heavy atom. The number of carbonyl (C=O) groups excluding carboxylic acids is 3. The fraction of sp³-hybridized carbons (Fsp3) is 0.769. The zero-order valence-corrected chi connectivity index (χ0v) is 12.9. The maximum absolute atomic E-state index is 11.8. The summed E-state index contributed by atoms with van der Waals surface area (Å²) in [7, 11) is 0. The minimum Gasteiger partial charge on any atom is -0.391 e. The molecule has 0 aromatic carbocycles. The molecule has 0 spiro atoms. The number of hydrogen-bond donors (Lipinski definition) is 3. The van der Waals surface area contributed by atoms with Crippen LogP contribution in [0.25, 0.3) is 10.4 Å². The van der Waals surface area contributed by atoms with Crippen LogP contribution in [-0.2, 0) is 14.4 Å². The van der Waals surface area contributed by atoms with Crippen LogP contribution in [0.4, 0.5) is 0 Å². The van der Waals surface area contributed by atoms with Gasteiger partial charge >= 0.3 is 0 Å². The highest BCUT2D eigenvalue weighted by molar-refractivity contribution is 5.88. The lowest BCUT2D eigenvalue weighted by Crippen LogP contribution is -2.51. The lowest BCUT2D eigenvalue weighted by Gasteiger charge is -2.19. The Bertz CT molecular complexity index is 421. The third-order valence-corrected chi connectivity index (χ3v) is 2.97. The predicted molar refractivity (Wildman–Crippen MR) is 79.8 cm³/mol. The largest absolute Gasteiger partial charge is 0.391 e. The highest BCUT2D eigenvalue weighted by Crippen LogP contribution is 2.01. The zero-order valence-electron chi connectivity index (χ0n) is 12.9. The molecule has 3 N–H and O–H groups in total. The van der Waals surface area contributed by atoms with Crippen molar-refractivity contribution in [3.8, 4) is 0 Å². The van der Waals surface area contributed by atoms with Gasteiger partial charge in [-0.3, -0.25) is 9.59 Å². The van der Waals surface area contributed by atoms with E-state index in [9.17, 15) is 19.5 Å². The van der Waals surface area contributed by atoms with Crippen molar-refractivity contribution in [2.24, 2.45) is 5.11 Å². The van der Waals surface area contributed by atoms with Gasteiger partial charge in [-0.25, -0.2) is 0 Å². The van der Waals surface area contributed by atoms with Crippen LogP contribution in [0.1, 0.15) is 39.5 Å². The topological polar surface area (TPSA) is 144 Å². The van der Waals surface area contributed by atoms with E-state index in [1.165, 1.54) is 13.8 Å². The predicted octanol–water partition coefficient (Wildman–Crippen LogP) is 0.426. The summed E-state index contributed by atoms with van der Waals surface area (Å²) >= 11 is 0. The molecule has 0 fully saturated rings. The third kappa shape index (κ3) is 8.93. The minimum atomic E-state index is -1.000. The van der Waals surface area contributed by atoms with E-state index in [1.807, 2.05) is 0 Å². The van der Waals surface area contributed by atoms with Crippen molar-refractivity contribution < 1.29 is 19.5 Å². The standard InChI is InChI=1S/C13H23N5O4/c1-9(13(22)17-11(8-19)10(2)20)16-12(21)6-4-3-5-7-15-18-14/h8-11,20H,3-7H2,1-2H3,(H,16,21)(H,17,22)/t9-,10+,11+/m0/s1. The molecule has 124 valence electrons. The Kier molecular flexibility index (Phi) is 10.4. The molecule has 0 saturated carbocycles. The quantitative estimate of drug-likeness (QED) is 0.167. The molecule has 0 radical (unpaired) electrons. The second kappa shape index (κ2) is 11.5. The van der Waals surface area contributed by atoms with Crippen molar-refractivity contribution in [2.75, 3.05) is 6.54 Å². The molecule has 0 aliphatic heterocycles. The fourth-order valence-corrected chi connectivity index (χ4v) is 1.63. The molecule has 0 aromatic rings. The smallest absolute Gasteiger partial charge is 0.242 e. The monoisotopic (exact) mass is 313 g/mol. The number of carbonyl (C=O) groups is 3. The normalized spacial score (nSPS) is 14.1.